The van der Waals surface area contributed by atoms with E-state index >= 15 is 0 Å². The molecule has 8 heteroatoms. The van der Waals surface area contributed by atoms with E-state index < -0.39 is 17.3 Å². The van der Waals surface area contributed by atoms with Gasteiger partial charge in [0.2, 0.25) is 5.91 Å². The normalized spacial score (nSPS) is 12.3. The molecule has 1 amide bonds. The van der Waals surface area contributed by atoms with Crippen LogP contribution in [0.5, 0.6) is 0 Å². The molecule has 0 aliphatic rings. The monoisotopic (exact) mass is 269 g/mol. The van der Waals surface area contributed by atoms with E-state index in [2.05, 4.69) is 15.6 Å². The van der Waals surface area contributed by atoms with Crippen LogP contribution in [0.2, 0.25) is 0 Å². The number of anilines is 2. The van der Waals surface area contributed by atoms with Gasteiger partial charge in [0.15, 0.2) is 0 Å². The molecule has 19 heavy (non-hydrogen) atoms. The second-order valence-electron chi connectivity index (χ2n) is 4.61. The van der Waals surface area contributed by atoms with Crippen LogP contribution in [0.1, 0.15) is 20.8 Å². The molecule has 106 valence electrons. The van der Waals surface area contributed by atoms with Gasteiger partial charge in [-0.1, -0.05) is 0 Å². The maximum Gasteiger partial charge on any atom is 0.329 e. The third-order valence-electron chi connectivity index (χ3n) is 2.55. The van der Waals surface area contributed by atoms with Gasteiger partial charge in [0.05, 0.1) is 0 Å². The standard InChI is InChI=1S/C11H19N5O3/c1-5(2)13-9(17)6(3)14-7-8(12)16(4)11(19)15-10(7)18/h5-6,14H,12H2,1-4H3,(H,13,17)(H,15,18,19). The Labute approximate surface area is 110 Å². The van der Waals surface area contributed by atoms with Gasteiger partial charge in [0, 0.05) is 13.1 Å². The maximum atomic E-state index is 11.7. The molecule has 0 aromatic carbocycles. The molecule has 1 atom stereocenters. The summed E-state index contributed by atoms with van der Waals surface area (Å²) < 4.78 is 1.09. The summed E-state index contributed by atoms with van der Waals surface area (Å²) >= 11 is 0. The largest absolute Gasteiger partial charge is 0.383 e. The minimum absolute atomic E-state index is 0.00693. The van der Waals surface area contributed by atoms with E-state index in [1.54, 1.807) is 6.92 Å². The first-order valence-electron chi connectivity index (χ1n) is 5.89. The molecule has 0 saturated carbocycles. The predicted octanol–water partition coefficient (Wildman–Crippen LogP) is -1.02. The Morgan fingerprint density at radius 1 is 1.32 bits per heavy atom. The van der Waals surface area contributed by atoms with E-state index in [0.29, 0.717) is 0 Å². The Hall–Kier alpha value is -2.25. The van der Waals surface area contributed by atoms with E-state index in [1.807, 2.05) is 13.8 Å². The molecule has 0 saturated heterocycles. The van der Waals surface area contributed by atoms with Crippen LogP contribution in [-0.2, 0) is 11.8 Å². The van der Waals surface area contributed by atoms with Crippen molar-refractivity contribution >= 4 is 17.4 Å². The van der Waals surface area contributed by atoms with Crippen molar-refractivity contribution in [2.45, 2.75) is 32.9 Å². The smallest absolute Gasteiger partial charge is 0.329 e. The van der Waals surface area contributed by atoms with Crippen molar-refractivity contribution in [2.75, 3.05) is 11.1 Å². The zero-order valence-electron chi connectivity index (χ0n) is 11.4. The Bertz CT molecular complexity index is 587. The average Bonchev–Trinajstić information content (AvgIpc) is 2.30. The Morgan fingerprint density at radius 3 is 2.42 bits per heavy atom. The summed E-state index contributed by atoms with van der Waals surface area (Å²) in [6.45, 7) is 5.26. The molecule has 1 heterocycles. The summed E-state index contributed by atoms with van der Waals surface area (Å²) in [5.74, 6) is -0.277. The van der Waals surface area contributed by atoms with E-state index in [9.17, 15) is 14.4 Å². The van der Waals surface area contributed by atoms with Crippen molar-refractivity contribution < 1.29 is 4.79 Å². The van der Waals surface area contributed by atoms with Gasteiger partial charge in [-0.05, 0) is 20.8 Å². The third kappa shape index (κ3) is 3.36. The van der Waals surface area contributed by atoms with Crippen LogP contribution in [0.25, 0.3) is 0 Å². The van der Waals surface area contributed by atoms with Crippen LogP contribution >= 0.6 is 0 Å². The Morgan fingerprint density at radius 2 is 1.89 bits per heavy atom. The number of hydrogen-bond acceptors (Lipinski definition) is 5. The number of nitrogens with one attached hydrogen (secondary N) is 3. The first-order valence-corrected chi connectivity index (χ1v) is 5.89. The van der Waals surface area contributed by atoms with Gasteiger partial charge in [-0.25, -0.2) is 4.79 Å². The molecule has 5 N–H and O–H groups in total. The Balaban J connectivity index is 3.01. The summed E-state index contributed by atoms with van der Waals surface area (Å²) in [7, 11) is 1.43. The highest BCUT2D eigenvalue weighted by molar-refractivity contribution is 5.85. The summed E-state index contributed by atoms with van der Waals surface area (Å²) in [4.78, 5) is 36.8. The van der Waals surface area contributed by atoms with Gasteiger partial charge in [-0.15, -0.1) is 0 Å². The highest BCUT2D eigenvalue weighted by Gasteiger charge is 2.17. The molecular weight excluding hydrogens is 250 g/mol. The van der Waals surface area contributed by atoms with Crippen LogP contribution in [-0.4, -0.2) is 27.5 Å². The minimum Gasteiger partial charge on any atom is -0.383 e. The van der Waals surface area contributed by atoms with Gasteiger partial charge < -0.3 is 16.4 Å². The van der Waals surface area contributed by atoms with Crippen LogP contribution in [0, 0.1) is 0 Å². The van der Waals surface area contributed by atoms with Gasteiger partial charge in [-0.3, -0.25) is 19.1 Å². The highest BCUT2D eigenvalue weighted by atomic mass is 16.2. The number of rotatable bonds is 4. The maximum absolute atomic E-state index is 11.7. The lowest BCUT2D eigenvalue weighted by molar-refractivity contribution is -0.122. The molecule has 1 aromatic rings. The molecule has 1 rings (SSSR count). The van der Waals surface area contributed by atoms with Crippen molar-refractivity contribution in [2.24, 2.45) is 7.05 Å². The van der Waals surface area contributed by atoms with Gasteiger partial charge >= 0.3 is 5.69 Å². The van der Waals surface area contributed by atoms with Crippen molar-refractivity contribution in [1.29, 1.82) is 0 Å². The molecule has 0 aliphatic carbocycles. The van der Waals surface area contributed by atoms with E-state index in [-0.39, 0.29) is 23.5 Å². The number of amides is 1. The summed E-state index contributed by atoms with van der Waals surface area (Å²) in [5, 5.41) is 5.42. The van der Waals surface area contributed by atoms with Crippen LogP contribution in [0.15, 0.2) is 9.59 Å². The molecule has 1 aromatic heterocycles. The van der Waals surface area contributed by atoms with Crippen LogP contribution < -0.4 is 27.6 Å². The van der Waals surface area contributed by atoms with Crippen LogP contribution in [0.3, 0.4) is 0 Å². The topological polar surface area (TPSA) is 122 Å². The first kappa shape index (κ1) is 14.8. The number of nitrogens with zero attached hydrogens (tertiary/aromatic N) is 1. The quantitative estimate of drug-likeness (QED) is 0.557. The zero-order valence-corrected chi connectivity index (χ0v) is 11.4. The highest BCUT2D eigenvalue weighted by Crippen LogP contribution is 2.09. The lowest BCUT2D eigenvalue weighted by atomic mass is 10.2. The lowest BCUT2D eigenvalue weighted by Crippen LogP contribution is -2.43. The SMILES string of the molecule is CC(C)NC(=O)C(C)Nc1c(N)n(C)c(=O)[nH]c1=O. The fourth-order valence-corrected chi connectivity index (χ4v) is 1.47. The molecule has 0 radical (unpaired) electrons. The summed E-state index contributed by atoms with van der Waals surface area (Å²) in [6.07, 6.45) is 0. The molecule has 1 unspecified atom stereocenters. The number of aromatic amines is 1. The predicted molar refractivity (Wildman–Crippen MR) is 73.1 cm³/mol. The molecule has 0 aliphatic heterocycles. The van der Waals surface area contributed by atoms with Crippen molar-refractivity contribution in [3.05, 3.63) is 20.8 Å². The molecule has 0 spiro atoms. The van der Waals surface area contributed by atoms with Gasteiger partial charge in [0.1, 0.15) is 17.5 Å². The second-order valence-corrected chi connectivity index (χ2v) is 4.61. The molecule has 0 fully saturated rings. The van der Waals surface area contributed by atoms with E-state index in [0.717, 1.165) is 4.57 Å². The summed E-state index contributed by atoms with van der Waals surface area (Å²) in [5.41, 5.74) is 4.44. The number of nitrogen functional groups attached to an aromatic ring is 1. The lowest BCUT2D eigenvalue weighted by Gasteiger charge is -2.18. The number of carbonyl (C=O) groups excluding carboxylic acids is 1. The van der Waals surface area contributed by atoms with Gasteiger partial charge in [-0.2, -0.15) is 0 Å². The number of carbonyl (C=O) groups is 1. The fourth-order valence-electron chi connectivity index (χ4n) is 1.47. The van der Waals surface area contributed by atoms with Crippen molar-refractivity contribution in [3.8, 4) is 0 Å². The number of aromatic nitrogens is 2. The molecule has 8 nitrogen and oxygen atoms in total. The number of H-pyrrole nitrogens is 1. The zero-order chi connectivity index (χ0) is 14.7. The minimum atomic E-state index is -0.650. The van der Waals surface area contributed by atoms with Crippen molar-refractivity contribution in [3.63, 3.8) is 0 Å². The number of nitrogens with two attached hydrogens (primary N) is 1. The third-order valence-corrected chi connectivity index (χ3v) is 2.55. The van der Waals surface area contributed by atoms with Gasteiger partial charge in [0.25, 0.3) is 5.56 Å². The molecule has 0 bridgehead atoms. The first-order chi connectivity index (χ1) is 8.73. The van der Waals surface area contributed by atoms with Crippen LogP contribution in [0.4, 0.5) is 11.5 Å². The van der Waals surface area contributed by atoms with E-state index in [1.165, 1.54) is 7.05 Å². The number of hydrogen-bond donors (Lipinski definition) is 4. The summed E-state index contributed by atoms with van der Waals surface area (Å²) in [6, 6.07) is -0.657. The fraction of sp³-hybridized carbons (Fsp3) is 0.545. The second kappa shape index (κ2) is 5.59. The van der Waals surface area contributed by atoms with Crippen molar-refractivity contribution in [1.82, 2.24) is 14.9 Å². The average molecular weight is 269 g/mol. The van der Waals surface area contributed by atoms with E-state index in [4.69, 9.17) is 5.73 Å². The Kier molecular flexibility index (Phi) is 4.36. The molecular formula is C11H19N5O3.